The van der Waals surface area contributed by atoms with Crippen LogP contribution in [0.2, 0.25) is 0 Å². The van der Waals surface area contributed by atoms with Crippen LogP contribution in [0, 0.1) is 11.8 Å². The average molecular weight is 883 g/mol. The lowest BCUT2D eigenvalue weighted by Gasteiger charge is -2.39. The summed E-state index contributed by atoms with van der Waals surface area (Å²) in [5, 5.41) is 11.7. The zero-order chi connectivity index (χ0) is 44.8. The molecule has 64 heavy (non-hydrogen) atoms. The predicted octanol–water partition coefficient (Wildman–Crippen LogP) is 6.95. The van der Waals surface area contributed by atoms with Crippen molar-refractivity contribution in [1.29, 1.82) is 0 Å². The van der Waals surface area contributed by atoms with Crippen molar-refractivity contribution in [2.75, 3.05) is 79.9 Å². The molecule has 2 amide bonds. The quantitative estimate of drug-likeness (QED) is 0.107. The molecule has 0 radical (unpaired) electrons. The number of aromatic nitrogens is 4. The minimum absolute atomic E-state index is 0.0216. The zero-order valence-corrected chi connectivity index (χ0v) is 38.4. The van der Waals surface area contributed by atoms with Gasteiger partial charge in [0.2, 0.25) is 5.91 Å². The number of primary amides is 1. The summed E-state index contributed by atoms with van der Waals surface area (Å²) in [6.45, 7) is 9.65. The fourth-order valence-corrected chi connectivity index (χ4v) is 9.55. The van der Waals surface area contributed by atoms with Crippen LogP contribution in [-0.2, 0) is 18.9 Å². The number of benzene rings is 2. The molecule has 350 valence electrons. The molecule has 2 saturated carbocycles. The number of carbonyl (C=O) groups is 2. The molecule has 4 atom stereocenters. The third kappa shape index (κ3) is 16.2. The Labute approximate surface area is 381 Å². The van der Waals surface area contributed by atoms with Crippen LogP contribution < -0.4 is 11.1 Å². The Morgan fingerprint density at radius 3 is 1.66 bits per heavy atom. The first-order valence-corrected chi connectivity index (χ1v) is 23.8. The summed E-state index contributed by atoms with van der Waals surface area (Å²) >= 11 is 0. The van der Waals surface area contributed by atoms with Crippen molar-refractivity contribution in [3.05, 3.63) is 96.6 Å². The average Bonchev–Trinajstić information content (AvgIpc) is 4.08. The highest BCUT2D eigenvalue weighted by Crippen LogP contribution is 2.28. The number of methoxy groups -OCH3 is 2. The lowest BCUT2D eigenvalue weighted by atomic mass is 9.83. The summed E-state index contributed by atoms with van der Waals surface area (Å²) in [7, 11) is 3.45. The maximum atomic E-state index is 13.0. The molecule has 4 heterocycles. The summed E-state index contributed by atoms with van der Waals surface area (Å²) in [6.07, 6.45) is 24.7. The third-order valence-corrected chi connectivity index (χ3v) is 13.0. The van der Waals surface area contributed by atoms with Crippen molar-refractivity contribution >= 4 is 11.8 Å². The van der Waals surface area contributed by atoms with E-state index < -0.39 is 5.91 Å². The molecule has 2 aliphatic heterocycles. The first-order chi connectivity index (χ1) is 31.4. The summed E-state index contributed by atoms with van der Waals surface area (Å²) in [4.78, 5) is 28.9. The number of likely N-dealkylation sites (tertiary alicyclic amines) is 2. The van der Waals surface area contributed by atoms with E-state index in [1.54, 1.807) is 60.2 Å². The van der Waals surface area contributed by atoms with Crippen molar-refractivity contribution in [1.82, 2.24) is 34.7 Å². The fraction of sp³-hybridized carbons (Fsp3) is 0.600. The van der Waals surface area contributed by atoms with E-state index in [9.17, 15) is 9.59 Å². The summed E-state index contributed by atoms with van der Waals surface area (Å²) < 4.78 is 25.5. The van der Waals surface area contributed by atoms with Gasteiger partial charge in [-0.3, -0.25) is 9.59 Å². The van der Waals surface area contributed by atoms with E-state index in [0.29, 0.717) is 42.5 Å². The smallest absolute Gasteiger partial charge is 0.251 e. The predicted molar refractivity (Wildman–Crippen MR) is 250 cm³/mol. The van der Waals surface area contributed by atoms with Gasteiger partial charge in [-0.25, -0.2) is 9.36 Å². The summed E-state index contributed by atoms with van der Waals surface area (Å²) in [5.74, 6) is 1.05. The molecule has 2 aromatic heterocycles. The largest absolute Gasteiger partial charge is 0.382 e. The molecule has 14 heteroatoms. The van der Waals surface area contributed by atoms with Crippen LogP contribution in [-0.4, -0.2) is 139 Å². The molecule has 4 fully saturated rings. The zero-order valence-electron chi connectivity index (χ0n) is 38.4. The van der Waals surface area contributed by atoms with Crippen LogP contribution in [0.3, 0.4) is 0 Å². The highest BCUT2D eigenvalue weighted by molar-refractivity contribution is 5.94. The second-order valence-electron chi connectivity index (χ2n) is 17.8. The molecule has 2 aliphatic carbocycles. The van der Waals surface area contributed by atoms with Gasteiger partial charge in [0, 0.05) is 82.4 Å². The Morgan fingerprint density at radius 2 is 1.14 bits per heavy atom. The minimum atomic E-state index is -0.419. The van der Waals surface area contributed by atoms with Crippen LogP contribution in [0.5, 0.6) is 0 Å². The SMILES string of the molecule is COCCOC1CCCN(CC2CCCCC2)C1.COCCOC1CCCN(C[C@@H]2CCCCC2NC(=O)c2ccc(-n3cccn3)cc2)C1.NC(=O)c1ccc(-n2cccn2)cc1. The topological polar surface area (TPSA) is 151 Å². The number of rotatable bonds is 17. The molecule has 14 nitrogen and oxygen atoms in total. The van der Waals surface area contributed by atoms with Gasteiger partial charge in [0.1, 0.15) is 0 Å². The normalized spacial score (nSPS) is 22.1. The van der Waals surface area contributed by atoms with Gasteiger partial charge in [0.05, 0.1) is 50.0 Å². The molecule has 2 aromatic carbocycles. The highest BCUT2D eigenvalue weighted by atomic mass is 16.5. The first-order valence-electron chi connectivity index (χ1n) is 23.8. The Balaban J connectivity index is 0.000000178. The van der Waals surface area contributed by atoms with Crippen LogP contribution in [0.15, 0.2) is 85.5 Å². The van der Waals surface area contributed by atoms with Crippen molar-refractivity contribution < 1.29 is 28.5 Å². The number of hydrogen-bond acceptors (Lipinski definition) is 10. The molecule has 2 saturated heterocycles. The van der Waals surface area contributed by atoms with Gasteiger partial charge in [0.25, 0.3) is 5.91 Å². The number of hydrogen-bond donors (Lipinski definition) is 2. The Kier molecular flexibility index (Phi) is 20.8. The molecule has 4 aliphatic rings. The maximum absolute atomic E-state index is 13.0. The molecule has 8 rings (SSSR count). The van der Waals surface area contributed by atoms with E-state index >= 15 is 0 Å². The van der Waals surface area contributed by atoms with Crippen LogP contribution >= 0.6 is 0 Å². The fourth-order valence-electron chi connectivity index (χ4n) is 9.55. The lowest BCUT2D eigenvalue weighted by Crippen LogP contribution is -2.49. The second-order valence-corrected chi connectivity index (χ2v) is 17.8. The van der Waals surface area contributed by atoms with Gasteiger partial charge in [-0.05, 0) is 137 Å². The third-order valence-electron chi connectivity index (χ3n) is 13.0. The van der Waals surface area contributed by atoms with E-state index in [-0.39, 0.29) is 11.9 Å². The first kappa shape index (κ1) is 49.0. The van der Waals surface area contributed by atoms with Crippen molar-refractivity contribution in [3.63, 3.8) is 0 Å². The van der Waals surface area contributed by atoms with Gasteiger partial charge in [-0.15, -0.1) is 0 Å². The van der Waals surface area contributed by atoms with Gasteiger partial charge in [-0.1, -0.05) is 32.1 Å². The molecular formula is C50H74N8O6. The number of nitrogens with zero attached hydrogens (tertiary/aromatic N) is 6. The Morgan fingerprint density at radius 1 is 0.625 bits per heavy atom. The van der Waals surface area contributed by atoms with Crippen LogP contribution in [0.25, 0.3) is 11.4 Å². The molecule has 3 unspecified atom stereocenters. The Hall–Kier alpha value is -4.44. The molecule has 0 bridgehead atoms. The molecule has 4 aromatic rings. The lowest BCUT2D eigenvalue weighted by molar-refractivity contribution is -0.0254. The van der Waals surface area contributed by atoms with Crippen molar-refractivity contribution in [3.8, 4) is 11.4 Å². The second kappa shape index (κ2) is 27.1. The maximum Gasteiger partial charge on any atom is 0.251 e. The monoisotopic (exact) mass is 883 g/mol. The van der Waals surface area contributed by atoms with Gasteiger partial charge < -0.3 is 39.8 Å². The van der Waals surface area contributed by atoms with Crippen LogP contribution in [0.4, 0.5) is 0 Å². The highest BCUT2D eigenvalue weighted by Gasteiger charge is 2.31. The van der Waals surface area contributed by atoms with E-state index in [1.165, 1.54) is 83.7 Å². The van der Waals surface area contributed by atoms with Gasteiger partial charge in [-0.2, -0.15) is 10.2 Å². The van der Waals surface area contributed by atoms with Gasteiger partial charge >= 0.3 is 0 Å². The standard InChI is InChI=1S/C25H36N4O3.C15H29NO2.C10H9N3O/c1-31-16-17-32-23-7-4-14-28(19-23)18-21-6-2-3-8-24(21)27-25(30)20-9-11-22(12-10-20)29-15-5-13-26-29;1-17-10-11-18-15-8-5-9-16(13-15)12-14-6-3-2-4-7-14;11-10(14)8-2-4-9(5-3-8)13-7-1-6-12-13/h5,9-13,15,21,23-24H,2-4,6-8,14,16-19H2,1H3,(H,27,30);14-15H,2-13H2,1H3;1-7H,(H2,11,14)/t21-,23?,24?;;/m0../s1. The summed E-state index contributed by atoms with van der Waals surface area (Å²) in [5.41, 5.74) is 8.18. The van der Waals surface area contributed by atoms with Gasteiger partial charge in [0.15, 0.2) is 0 Å². The molecule has 3 N–H and O–H groups in total. The molecule has 0 spiro atoms. The van der Waals surface area contributed by atoms with Crippen molar-refractivity contribution in [2.24, 2.45) is 17.6 Å². The van der Waals surface area contributed by atoms with E-state index in [1.807, 2.05) is 48.8 Å². The number of ether oxygens (including phenoxy) is 4. The Bertz CT molecular complexity index is 1870. The van der Waals surface area contributed by atoms with E-state index in [2.05, 4.69) is 25.3 Å². The number of nitrogens with two attached hydrogens (primary N) is 1. The molecular weight excluding hydrogens is 809 g/mol. The number of carbonyl (C=O) groups excluding carboxylic acids is 2. The number of amides is 2. The minimum Gasteiger partial charge on any atom is -0.382 e. The van der Waals surface area contributed by atoms with Crippen LogP contribution in [0.1, 0.15) is 104 Å². The number of piperidine rings is 2. The van der Waals surface area contributed by atoms with Crippen molar-refractivity contribution in [2.45, 2.75) is 102 Å². The summed E-state index contributed by atoms with van der Waals surface area (Å²) in [6, 6.07) is 18.6. The van der Waals surface area contributed by atoms with E-state index in [0.717, 1.165) is 69.5 Å². The van der Waals surface area contributed by atoms with E-state index in [4.69, 9.17) is 24.7 Å². The number of nitrogens with one attached hydrogen (secondary N) is 1.